The summed E-state index contributed by atoms with van der Waals surface area (Å²) in [6.45, 7) is 0. The van der Waals surface area contributed by atoms with Crippen LogP contribution in [0.25, 0.3) is 11.1 Å². The molecule has 2 nitrogen and oxygen atoms in total. The zero-order valence-electron chi connectivity index (χ0n) is 8.15. The van der Waals surface area contributed by atoms with E-state index in [4.69, 9.17) is 11.6 Å². The van der Waals surface area contributed by atoms with E-state index in [2.05, 4.69) is 4.98 Å². The van der Waals surface area contributed by atoms with Gasteiger partial charge in [0.25, 0.3) is 0 Å². The van der Waals surface area contributed by atoms with Crippen molar-refractivity contribution < 1.29 is 9.18 Å². The average Bonchev–Trinajstić information content (AvgIpc) is 2.28. The predicted octanol–water partition coefficient (Wildman–Crippen LogP) is 3.35. The molecule has 0 N–H and O–H groups in total. The minimum atomic E-state index is -0.359. The molecule has 1 aromatic carbocycles. The van der Waals surface area contributed by atoms with Crippen LogP contribution in [-0.4, -0.2) is 11.3 Å². The number of halogens is 2. The molecule has 0 radical (unpaired) electrons. The number of carbonyl (C=O) groups is 1. The summed E-state index contributed by atoms with van der Waals surface area (Å²) in [4.78, 5) is 14.7. The van der Waals surface area contributed by atoms with E-state index in [0.717, 1.165) is 0 Å². The Hall–Kier alpha value is -1.74. The molecule has 4 heteroatoms. The zero-order chi connectivity index (χ0) is 11.5. The Bertz CT molecular complexity index is 542. The lowest BCUT2D eigenvalue weighted by Crippen LogP contribution is -1.91. The largest absolute Gasteiger partial charge is 0.298 e. The molecule has 0 unspecified atom stereocenters. The molecule has 0 aliphatic carbocycles. The summed E-state index contributed by atoms with van der Waals surface area (Å²) in [6, 6.07) is 7.60. The van der Waals surface area contributed by atoms with Crippen LogP contribution in [0.15, 0.2) is 36.5 Å². The van der Waals surface area contributed by atoms with Crippen LogP contribution in [0.5, 0.6) is 0 Å². The van der Waals surface area contributed by atoms with Crippen molar-refractivity contribution in [3.8, 4) is 11.1 Å². The van der Waals surface area contributed by atoms with Crippen molar-refractivity contribution in [2.24, 2.45) is 0 Å². The van der Waals surface area contributed by atoms with E-state index in [-0.39, 0.29) is 16.5 Å². The molecule has 1 aromatic heterocycles. The number of carbonyl (C=O) groups excluding carboxylic acids is 1. The van der Waals surface area contributed by atoms with Crippen molar-refractivity contribution in [2.75, 3.05) is 0 Å². The van der Waals surface area contributed by atoms with Gasteiger partial charge in [-0.2, -0.15) is 0 Å². The second-order valence-electron chi connectivity index (χ2n) is 3.19. The summed E-state index contributed by atoms with van der Waals surface area (Å²) in [5.41, 5.74) is 1.45. The normalized spacial score (nSPS) is 10.1. The summed E-state index contributed by atoms with van der Waals surface area (Å²) in [7, 11) is 0. The molecule has 80 valence electrons. The molecule has 0 bridgehead atoms. The third-order valence-electron chi connectivity index (χ3n) is 2.19. The minimum absolute atomic E-state index is 0.122. The van der Waals surface area contributed by atoms with Gasteiger partial charge in [0.1, 0.15) is 11.0 Å². The van der Waals surface area contributed by atoms with Gasteiger partial charge < -0.3 is 0 Å². The highest BCUT2D eigenvalue weighted by molar-refractivity contribution is 6.32. The van der Waals surface area contributed by atoms with Gasteiger partial charge in [-0.05, 0) is 29.3 Å². The number of aldehydes is 1. The molecule has 0 saturated heterocycles. The van der Waals surface area contributed by atoms with Gasteiger partial charge in [-0.1, -0.05) is 23.7 Å². The summed E-state index contributed by atoms with van der Waals surface area (Å²) in [6.07, 6.45) is 2.10. The summed E-state index contributed by atoms with van der Waals surface area (Å²) in [5.74, 6) is -0.359. The number of hydrogen-bond acceptors (Lipinski definition) is 2. The van der Waals surface area contributed by atoms with Crippen molar-refractivity contribution in [3.63, 3.8) is 0 Å². The van der Waals surface area contributed by atoms with Gasteiger partial charge in [-0.25, -0.2) is 9.37 Å². The first-order valence-electron chi connectivity index (χ1n) is 4.58. The van der Waals surface area contributed by atoms with Crippen LogP contribution in [0.2, 0.25) is 5.15 Å². The highest BCUT2D eigenvalue weighted by Crippen LogP contribution is 2.26. The highest BCUT2D eigenvalue weighted by atomic mass is 35.5. The molecule has 2 rings (SSSR count). The van der Waals surface area contributed by atoms with E-state index in [1.54, 1.807) is 18.2 Å². The quantitative estimate of drug-likeness (QED) is 0.590. The third-order valence-corrected chi connectivity index (χ3v) is 2.50. The molecule has 16 heavy (non-hydrogen) atoms. The Labute approximate surface area is 96.7 Å². The summed E-state index contributed by atoms with van der Waals surface area (Å²) >= 11 is 5.78. The Morgan fingerprint density at radius 2 is 2.12 bits per heavy atom. The molecule has 0 amide bonds. The topological polar surface area (TPSA) is 30.0 Å². The Kier molecular flexibility index (Phi) is 2.97. The molecule has 0 aliphatic rings. The number of aromatic nitrogens is 1. The number of hydrogen-bond donors (Lipinski definition) is 0. The second-order valence-corrected chi connectivity index (χ2v) is 3.55. The lowest BCUT2D eigenvalue weighted by atomic mass is 10.0. The lowest BCUT2D eigenvalue weighted by molar-refractivity contribution is 0.112. The van der Waals surface area contributed by atoms with Crippen LogP contribution in [0.4, 0.5) is 4.39 Å². The Morgan fingerprint density at radius 1 is 1.31 bits per heavy atom. The molecule has 0 atom stereocenters. The molecular formula is C12H7ClFNO. The van der Waals surface area contributed by atoms with Crippen LogP contribution in [0.3, 0.4) is 0 Å². The molecule has 0 fully saturated rings. The standard InChI is InChI=1S/C12H7ClFNO/c13-12-11(7-16)10(4-5-15-12)8-2-1-3-9(14)6-8/h1-7H. The number of nitrogens with zero attached hydrogens (tertiary/aromatic N) is 1. The maximum Gasteiger partial charge on any atom is 0.153 e. The van der Waals surface area contributed by atoms with Crippen LogP contribution in [-0.2, 0) is 0 Å². The van der Waals surface area contributed by atoms with Gasteiger partial charge in [0.05, 0.1) is 5.56 Å². The third kappa shape index (κ3) is 1.95. The first kappa shape index (κ1) is 10.8. The van der Waals surface area contributed by atoms with Crippen LogP contribution in [0.1, 0.15) is 10.4 Å². The van der Waals surface area contributed by atoms with E-state index in [1.807, 2.05) is 0 Å². The molecular weight excluding hydrogens is 229 g/mol. The van der Waals surface area contributed by atoms with E-state index >= 15 is 0 Å². The van der Waals surface area contributed by atoms with Crippen LogP contribution < -0.4 is 0 Å². The first-order valence-corrected chi connectivity index (χ1v) is 4.96. The van der Waals surface area contributed by atoms with Crippen LogP contribution in [0, 0.1) is 5.82 Å². The van der Waals surface area contributed by atoms with E-state index in [9.17, 15) is 9.18 Å². The van der Waals surface area contributed by atoms with Crippen molar-refractivity contribution >= 4 is 17.9 Å². The zero-order valence-corrected chi connectivity index (χ0v) is 8.91. The van der Waals surface area contributed by atoms with Crippen molar-refractivity contribution in [1.82, 2.24) is 4.98 Å². The number of pyridine rings is 1. The van der Waals surface area contributed by atoms with Crippen LogP contribution >= 0.6 is 11.6 Å². The fourth-order valence-electron chi connectivity index (χ4n) is 1.47. The Balaban J connectivity index is 2.64. The van der Waals surface area contributed by atoms with Gasteiger partial charge >= 0.3 is 0 Å². The second kappa shape index (κ2) is 4.41. The maximum atomic E-state index is 13.1. The van der Waals surface area contributed by atoms with Crippen molar-refractivity contribution in [1.29, 1.82) is 0 Å². The smallest absolute Gasteiger partial charge is 0.153 e. The van der Waals surface area contributed by atoms with Crippen molar-refractivity contribution in [2.45, 2.75) is 0 Å². The van der Waals surface area contributed by atoms with Gasteiger partial charge in [0, 0.05) is 6.20 Å². The monoisotopic (exact) mass is 235 g/mol. The predicted molar refractivity (Wildman–Crippen MR) is 60.0 cm³/mol. The van der Waals surface area contributed by atoms with Gasteiger partial charge in [-0.15, -0.1) is 0 Å². The van der Waals surface area contributed by atoms with Gasteiger partial charge in [0.2, 0.25) is 0 Å². The molecule has 0 spiro atoms. The maximum absolute atomic E-state index is 13.1. The van der Waals surface area contributed by atoms with Gasteiger partial charge in [-0.3, -0.25) is 4.79 Å². The first-order chi connectivity index (χ1) is 7.72. The van der Waals surface area contributed by atoms with Crippen molar-refractivity contribution in [3.05, 3.63) is 53.1 Å². The fraction of sp³-hybridized carbons (Fsp3) is 0. The minimum Gasteiger partial charge on any atom is -0.298 e. The van der Waals surface area contributed by atoms with Gasteiger partial charge in [0.15, 0.2) is 6.29 Å². The van der Waals surface area contributed by atoms with E-state index in [1.165, 1.54) is 18.3 Å². The van der Waals surface area contributed by atoms with E-state index < -0.39 is 0 Å². The highest BCUT2D eigenvalue weighted by Gasteiger charge is 2.09. The summed E-state index contributed by atoms with van der Waals surface area (Å²) < 4.78 is 13.1. The SMILES string of the molecule is O=Cc1c(-c2cccc(F)c2)ccnc1Cl. The van der Waals surface area contributed by atoms with E-state index in [0.29, 0.717) is 17.4 Å². The molecule has 0 saturated carbocycles. The summed E-state index contributed by atoms with van der Waals surface area (Å²) in [5, 5.41) is 0.122. The number of benzene rings is 1. The fourth-order valence-corrected chi connectivity index (χ4v) is 1.67. The average molecular weight is 236 g/mol. The molecule has 2 aromatic rings. The lowest BCUT2D eigenvalue weighted by Gasteiger charge is -2.05. The molecule has 1 heterocycles. The molecule has 0 aliphatic heterocycles. The Morgan fingerprint density at radius 3 is 2.81 bits per heavy atom. The number of rotatable bonds is 2.